The number of ether oxygens (including phenoxy) is 1. The van der Waals surface area contributed by atoms with Crippen LogP contribution in [0.2, 0.25) is 0 Å². The largest absolute Gasteiger partial charge is 0.487 e. The lowest BCUT2D eigenvalue weighted by Gasteiger charge is -2.38. The van der Waals surface area contributed by atoms with E-state index in [9.17, 15) is 19.5 Å². The minimum Gasteiger partial charge on any atom is -0.487 e. The highest BCUT2D eigenvalue weighted by Crippen LogP contribution is 2.31. The van der Waals surface area contributed by atoms with E-state index in [-0.39, 0.29) is 43.1 Å². The molecule has 14 heteroatoms. The van der Waals surface area contributed by atoms with Crippen molar-refractivity contribution in [3.63, 3.8) is 0 Å². The van der Waals surface area contributed by atoms with Crippen molar-refractivity contribution in [2.24, 2.45) is 5.92 Å². The molecule has 0 saturated heterocycles. The summed E-state index contributed by atoms with van der Waals surface area (Å²) in [5, 5.41) is 25.9. The highest BCUT2D eigenvalue weighted by molar-refractivity contribution is 6.03. The maximum atomic E-state index is 13.7. The third-order valence-electron chi connectivity index (χ3n) is 7.26. The first-order valence-corrected chi connectivity index (χ1v) is 13.6. The van der Waals surface area contributed by atoms with E-state index in [1.54, 1.807) is 58.7 Å². The number of hydrogen-bond acceptors (Lipinski definition) is 9. The van der Waals surface area contributed by atoms with Crippen molar-refractivity contribution in [1.82, 2.24) is 20.1 Å². The van der Waals surface area contributed by atoms with E-state index in [4.69, 9.17) is 13.8 Å². The second kappa shape index (κ2) is 12.5. The monoisotopic (exact) mass is 583 g/mol. The Hall–Kier alpha value is -4.59. The van der Waals surface area contributed by atoms with Gasteiger partial charge in [-0.05, 0) is 52.8 Å². The van der Waals surface area contributed by atoms with Crippen LogP contribution in [0.25, 0.3) is 0 Å². The van der Waals surface area contributed by atoms with Gasteiger partial charge in [-0.2, -0.15) is 0 Å². The number of anilines is 3. The minimum absolute atomic E-state index is 0.200. The van der Waals surface area contributed by atoms with Gasteiger partial charge in [0.05, 0.1) is 24.8 Å². The number of hydrogen-bond donors (Lipinski definition) is 4. The molecular formula is C28H37N7O7. The fraction of sp³-hybridized carbons (Fsp3) is 0.464. The average molecular weight is 584 g/mol. The van der Waals surface area contributed by atoms with Crippen molar-refractivity contribution in [2.75, 3.05) is 42.7 Å². The zero-order chi connectivity index (χ0) is 30.7. The maximum Gasteiger partial charge on any atom is 0.323 e. The average Bonchev–Trinajstić information content (AvgIpc) is 3.44. The lowest BCUT2D eigenvalue weighted by Crippen LogP contribution is -2.50. The Morgan fingerprint density at radius 3 is 2.26 bits per heavy atom. The van der Waals surface area contributed by atoms with Crippen LogP contribution in [0, 0.1) is 33.6 Å². The van der Waals surface area contributed by atoms with Crippen LogP contribution in [0.5, 0.6) is 5.75 Å². The quantitative estimate of drug-likeness (QED) is 0.321. The van der Waals surface area contributed by atoms with Gasteiger partial charge in [-0.25, -0.2) is 9.59 Å². The first-order valence-electron chi connectivity index (χ1n) is 13.6. The summed E-state index contributed by atoms with van der Waals surface area (Å²) in [4.78, 5) is 42.5. The first-order chi connectivity index (χ1) is 19.9. The van der Waals surface area contributed by atoms with E-state index in [1.807, 2.05) is 6.92 Å². The van der Waals surface area contributed by atoms with Gasteiger partial charge in [0.15, 0.2) is 11.5 Å². The van der Waals surface area contributed by atoms with E-state index in [2.05, 4.69) is 26.3 Å². The number of aliphatic hydroxyl groups is 1. The zero-order valence-electron chi connectivity index (χ0n) is 24.8. The molecule has 0 spiro atoms. The summed E-state index contributed by atoms with van der Waals surface area (Å²) in [6.45, 7) is 10.8. The molecule has 0 radical (unpaired) electrons. The van der Waals surface area contributed by atoms with E-state index in [0.717, 1.165) is 0 Å². The molecule has 4 N–H and O–H groups in total. The molecule has 226 valence electrons. The molecule has 1 aromatic carbocycles. The van der Waals surface area contributed by atoms with Gasteiger partial charge in [0.25, 0.3) is 5.91 Å². The van der Waals surface area contributed by atoms with E-state index in [0.29, 0.717) is 45.7 Å². The first kappa shape index (κ1) is 30.4. The number of rotatable bonds is 7. The molecule has 0 fully saturated rings. The molecule has 1 aliphatic rings. The smallest absolute Gasteiger partial charge is 0.323 e. The van der Waals surface area contributed by atoms with Crippen LogP contribution in [-0.2, 0) is 0 Å². The maximum absolute atomic E-state index is 13.7. The zero-order valence-corrected chi connectivity index (χ0v) is 24.8. The molecule has 0 saturated carbocycles. The standard InChI is InChI=1S/C28H37N7O7/c1-14-11-35(15(2)13-36)26(37)21-10-20(29-27(38)30-24-16(3)32-41-18(24)5)8-9-22(21)40-23(14)12-34(7)28(39)31-25-17(4)33-42-19(25)6/h8-10,14-15,23,36H,11-13H2,1-7H3,(H,31,39)(H2,29,30,38). The second-order valence-electron chi connectivity index (χ2n) is 10.6. The summed E-state index contributed by atoms with van der Waals surface area (Å²) in [5.41, 5.74) is 2.63. The number of carbonyl (C=O) groups excluding carboxylic acids is 3. The SMILES string of the molecule is Cc1noc(C)c1NC(=O)Nc1ccc2c(c1)C(=O)N(C(C)CO)CC(C)C(CN(C)C(=O)Nc1c(C)noc1C)O2. The van der Waals surface area contributed by atoms with Crippen LogP contribution >= 0.6 is 0 Å². The number of amides is 5. The van der Waals surface area contributed by atoms with Crippen molar-refractivity contribution in [3.05, 3.63) is 46.7 Å². The Labute approximate surface area is 243 Å². The normalized spacial score (nSPS) is 17.4. The Kier molecular flexibility index (Phi) is 9.05. The number of carbonyl (C=O) groups is 3. The summed E-state index contributed by atoms with van der Waals surface area (Å²) in [6.07, 6.45) is -0.507. The molecule has 2 aromatic heterocycles. The molecule has 1 aliphatic heterocycles. The van der Waals surface area contributed by atoms with E-state index < -0.39 is 18.2 Å². The summed E-state index contributed by atoms with van der Waals surface area (Å²) < 4.78 is 16.6. The van der Waals surface area contributed by atoms with Crippen LogP contribution in [0.1, 0.15) is 47.1 Å². The predicted octanol–water partition coefficient (Wildman–Crippen LogP) is 3.92. The summed E-state index contributed by atoms with van der Waals surface area (Å²) in [6, 6.07) is 3.37. The number of fused-ring (bicyclic) bond motifs is 1. The van der Waals surface area contributed by atoms with Gasteiger partial charge in [-0.3, -0.25) is 4.79 Å². The summed E-state index contributed by atoms with van der Waals surface area (Å²) in [5.74, 6) is 0.697. The van der Waals surface area contributed by atoms with Gasteiger partial charge in [0, 0.05) is 25.2 Å². The molecule has 14 nitrogen and oxygen atoms in total. The summed E-state index contributed by atoms with van der Waals surface area (Å²) >= 11 is 0. The van der Waals surface area contributed by atoms with Gasteiger partial charge < -0.3 is 44.6 Å². The third kappa shape index (κ3) is 6.48. The number of aryl methyl sites for hydroxylation is 4. The van der Waals surface area contributed by atoms with Gasteiger partial charge in [0.1, 0.15) is 34.6 Å². The lowest BCUT2D eigenvalue weighted by molar-refractivity contribution is 0.0371. The number of nitrogens with zero attached hydrogens (tertiary/aromatic N) is 4. The van der Waals surface area contributed by atoms with Crippen LogP contribution in [0.3, 0.4) is 0 Å². The molecule has 42 heavy (non-hydrogen) atoms. The molecule has 3 heterocycles. The molecule has 3 atom stereocenters. The highest BCUT2D eigenvalue weighted by atomic mass is 16.5. The number of likely N-dealkylation sites (N-methyl/N-ethyl adjacent to an activating group) is 1. The number of nitrogens with one attached hydrogen (secondary N) is 3. The summed E-state index contributed by atoms with van der Waals surface area (Å²) in [7, 11) is 1.65. The number of aliphatic hydroxyl groups excluding tert-OH is 1. The van der Waals surface area contributed by atoms with Gasteiger partial charge in [0.2, 0.25) is 0 Å². The van der Waals surface area contributed by atoms with Crippen LogP contribution < -0.4 is 20.7 Å². The number of benzene rings is 1. The van der Waals surface area contributed by atoms with Crippen molar-refractivity contribution in [3.8, 4) is 5.75 Å². The van der Waals surface area contributed by atoms with Gasteiger partial charge in [-0.1, -0.05) is 17.2 Å². The second-order valence-corrected chi connectivity index (χ2v) is 10.6. The Bertz CT molecular complexity index is 1430. The van der Waals surface area contributed by atoms with Crippen molar-refractivity contribution < 1.29 is 33.3 Å². The number of aromatic nitrogens is 2. The van der Waals surface area contributed by atoms with E-state index >= 15 is 0 Å². The van der Waals surface area contributed by atoms with Gasteiger partial charge in [-0.15, -0.1) is 0 Å². The van der Waals surface area contributed by atoms with Crippen molar-refractivity contribution >= 4 is 35.0 Å². The van der Waals surface area contributed by atoms with E-state index in [1.165, 1.54) is 11.0 Å². The Morgan fingerprint density at radius 1 is 1.07 bits per heavy atom. The minimum atomic E-state index is -0.540. The molecule has 0 aliphatic carbocycles. The molecule has 0 bridgehead atoms. The van der Waals surface area contributed by atoms with Crippen LogP contribution in [0.4, 0.5) is 26.7 Å². The molecule has 3 unspecified atom stereocenters. The Balaban J connectivity index is 1.57. The fourth-order valence-electron chi connectivity index (χ4n) is 4.67. The third-order valence-corrected chi connectivity index (χ3v) is 7.26. The highest BCUT2D eigenvalue weighted by Gasteiger charge is 2.34. The Morgan fingerprint density at radius 2 is 1.69 bits per heavy atom. The molecule has 3 aromatic rings. The van der Waals surface area contributed by atoms with Gasteiger partial charge >= 0.3 is 12.1 Å². The fourth-order valence-corrected chi connectivity index (χ4v) is 4.67. The van der Waals surface area contributed by atoms with Crippen molar-refractivity contribution in [1.29, 1.82) is 0 Å². The molecule has 5 amide bonds. The molecule has 4 rings (SSSR count). The van der Waals surface area contributed by atoms with Crippen molar-refractivity contribution in [2.45, 2.75) is 53.7 Å². The molecular weight excluding hydrogens is 546 g/mol. The lowest BCUT2D eigenvalue weighted by atomic mass is 9.99. The van der Waals surface area contributed by atoms with Crippen LogP contribution in [-0.4, -0.2) is 82.1 Å². The topological polar surface area (TPSA) is 175 Å². The number of urea groups is 2. The predicted molar refractivity (Wildman–Crippen MR) is 154 cm³/mol. The van der Waals surface area contributed by atoms with Crippen LogP contribution in [0.15, 0.2) is 27.2 Å².